The molecule has 0 aliphatic rings. The van der Waals surface area contributed by atoms with Gasteiger partial charge >= 0.3 is 5.97 Å². The zero-order valence-corrected chi connectivity index (χ0v) is 9.53. The first-order chi connectivity index (χ1) is 7.54. The van der Waals surface area contributed by atoms with Gasteiger partial charge in [-0.1, -0.05) is 20.3 Å². The number of carboxylic acid groups (broad SMARTS) is 1. The molecule has 5 heteroatoms. The lowest BCUT2D eigenvalue weighted by molar-refractivity contribution is 0.0697. The van der Waals surface area contributed by atoms with Crippen LogP contribution < -0.4 is 11.1 Å². The molecule has 0 aliphatic carbocycles. The van der Waals surface area contributed by atoms with E-state index in [4.69, 9.17) is 10.8 Å². The number of nitrogens with one attached hydrogen (secondary N) is 1. The lowest BCUT2D eigenvalue weighted by atomic mass is 10.1. The number of hydrogen-bond acceptors (Lipinski definition) is 4. The van der Waals surface area contributed by atoms with Crippen molar-refractivity contribution < 1.29 is 9.90 Å². The Morgan fingerprint density at radius 3 is 2.94 bits per heavy atom. The van der Waals surface area contributed by atoms with E-state index < -0.39 is 5.97 Å². The molecule has 1 heterocycles. The molecule has 0 radical (unpaired) electrons. The van der Waals surface area contributed by atoms with Crippen LogP contribution in [0.2, 0.25) is 0 Å². The van der Waals surface area contributed by atoms with Crippen molar-refractivity contribution in [1.29, 1.82) is 0 Å². The summed E-state index contributed by atoms with van der Waals surface area (Å²) in [6.07, 6.45) is 2.48. The maximum Gasteiger partial charge on any atom is 0.339 e. The molecule has 1 rings (SSSR count). The Balaban J connectivity index is 2.82. The van der Waals surface area contributed by atoms with Gasteiger partial charge in [0.2, 0.25) is 0 Å². The van der Waals surface area contributed by atoms with E-state index in [0.717, 1.165) is 6.42 Å². The third kappa shape index (κ3) is 3.12. The number of nitrogen functional groups attached to an aromatic ring is 1. The van der Waals surface area contributed by atoms with Gasteiger partial charge in [-0.3, -0.25) is 0 Å². The fourth-order valence-corrected chi connectivity index (χ4v) is 1.20. The second kappa shape index (κ2) is 5.34. The van der Waals surface area contributed by atoms with Gasteiger partial charge in [0.15, 0.2) is 0 Å². The van der Waals surface area contributed by atoms with Gasteiger partial charge < -0.3 is 16.2 Å². The lowest BCUT2D eigenvalue weighted by Crippen LogP contribution is -2.14. The first-order valence-electron chi connectivity index (χ1n) is 5.27. The quantitative estimate of drug-likeness (QED) is 0.708. The highest BCUT2D eigenvalue weighted by Crippen LogP contribution is 2.16. The second-order valence-electron chi connectivity index (χ2n) is 3.86. The van der Waals surface area contributed by atoms with E-state index in [9.17, 15) is 4.79 Å². The summed E-state index contributed by atoms with van der Waals surface area (Å²) in [5, 5.41) is 12.0. The van der Waals surface area contributed by atoms with Crippen LogP contribution >= 0.6 is 0 Å². The molecule has 4 N–H and O–H groups in total. The molecule has 0 amide bonds. The minimum atomic E-state index is -1.02. The van der Waals surface area contributed by atoms with Crippen molar-refractivity contribution in [2.45, 2.75) is 20.3 Å². The summed E-state index contributed by atoms with van der Waals surface area (Å²) in [6, 6.07) is 1.41. The van der Waals surface area contributed by atoms with E-state index in [2.05, 4.69) is 24.1 Å². The zero-order valence-electron chi connectivity index (χ0n) is 9.53. The van der Waals surface area contributed by atoms with E-state index in [0.29, 0.717) is 24.0 Å². The monoisotopic (exact) mass is 223 g/mol. The SMILES string of the molecule is CCC(C)CNc1ncc(N)cc1C(=O)O. The number of rotatable bonds is 5. The molecule has 0 saturated heterocycles. The summed E-state index contributed by atoms with van der Waals surface area (Å²) in [4.78, 5) is 14.9. The third-order valence-corrected chi connectivity index (χ3v) is 2.45. The summed E-state index contributed by atoms with van der Waals surface area (Å²) >= 11 is 0. The number of hydrogen-bond donors (Lipinski definition) is 3. The number of carbonyl (C=O) groups is 1. The highest BCUT2D eigenvalue weighted by Gasteiger charge is 2.12. The summed E-state index contributed by atoms with van der Waals surface area (Å²) in [7, 11) is 0. The molecule has 0 fully saturated rings. The number of nitrogens with two attached hydrogens (primary N) is 1. The molecule has 1 atom stereocenters. The average molecular weight is 223 g/mol. The van der Waals surface area contributed by atoms with Crippen molar-refractivity contribution in [3.8, 4) is 0 Å². The molecule has 5 nitrogen and oxygen atoms in total. The fraction of sp³-hybridized carbons (Fsp3) is 0.455. The van der Waals surface area contributed by atoms with Crippen LogP contribution in [-0.4, -0.2) is 22.6 Å². The first-order valence-corrected chi connectivity index (χ1v) is 5.27. The molecule has 0 bridgehead atoms. The maximum atomic E-state index is 11.0. The van der Waals surface area contributed by atoms with Gasteiger partial charge in [-0.2, -0.15) is 0 Å². The largest absolute Gasteiger partial charge is 0.478 e. The zero-order chi connectivity index (χ0) is 12.1. The molecule has 1 aromatic rings. The van der Waals surface area contributed by atoms with E-state index in [1.54, 1.807) is 0 Å². The predicted octanol–water partition coefficient (Wildman–Crippen LogP) is 1.82. The van der Waals surface area contributed by atoms with E-state index >= 15 is 0 Å². The minimum Gasteiger partial charge on any atom is -0.478 e. The number of anilines is 2. The molecule has 1 unspecified atom stereocenters. The highest BCUT2D eigenvalue weighted by molar-refractivity contribution is 5.94. The van der Waals surface area contributed by atoms with Gasteiger partial charge in [0.1, 0.15) is 11.4 Å². The number of carboxylic acids is 1. The van der Waals surface area contributed by atoms with Crippen molar-refractivity contribution in [3.63, 3.8) is 0 Å². The number of nitrogens with zero attached hydrogens (tertiary/aromatic N) is 1. The van der Waals surface area contributed by atoms with Crippen LogP contribution in [0.5, 0.6) is 0 Å². The van der Waals surface area contributed by atoms with Gasteiger partial charge in [-0.25, -0.2) is 9.78 Å². The molecule has 0 saturated carbocycles. The predicted molar refractivity (Wildman–Crippen MR) is 63.6 cm³/mol. The molecular formula is C11H17N3O2. The van der Waals surface area contributed by atoms with Crippen molar-refractivity contribution in [2.24, 2.45) is 5.92 Å². The third-order valence-electron chi connectivity index (χ3n) is 2.45. The van der Waals surface area contributed by atoms with Crippen molar-refractivity contribution >= 4 is 17.5 Å². The first kappa shape index (κ1) is 12.3. The number of aromatic carboxylic acids is 1. The summed E-state index contributed by atoms with van der Waals surface area (Å²) in [6.45, 7) is 4.87. The van der Waals surface area contributed by atoms with E-state index in [1.165, 1.54) is 12.3 Å². The van der Waals surface area contributed by atoms with Crippen LogP contribution in [0.3, 0.4) is 0 Å². The van der Waals surface area contributed by atoms with Gasteiger partial charge in [0.25, 0.3) is 0 Å². The molecule has 1 aromatic heterocycles. The average Bonchev–Trinajstić information content (AvgIpc) is 2.26. The number of pyridine rings is 1. The Kier molecular flexibility index (Phi) is 4.10. The Bertz CT molecular complexity index is 379. The molecule has 88 valence electrons. The number of aromatic nitrogens is 1. The summed E-state index contributed by atoms with van der Waals surface area (Å²) in [5.74, 6) is -0.172. The fourth-order valence-electron chi connectivity index (χ4n) is 1.20. The van der Waals surface area contributed by atoms with Gasteiger partial charge in [-0.05, 0) is 12.0 Å². The second-order valence-corrected chi connectivity index (χ2v) is 3.86. The Labute approximate surface area is 94.7 Å². The molecular weight excluding hydrogens is 206 g/mol. The summed E-state index contributed by atoms with van der Waals surface area (Å²) in [5.41, 5.74) is 5.96. The maximum absolute atomic E-state index is 11.0. The standard InChI is InChI=1S/C11H17N3O2/c1-3-7(2)5-13-10-9(11(15)16)4-8(12)6-14-10/h4,6-7H,3,5,12H2,1-2H3,(H,13,14)(H,15,16). The van der Waals surface area contributed by atoms with Crippen LogP contribution in [-0.2, 0) is 0 Å². The molecule has 16 heavy (non-hydrogen) atoms. The smallest absolute Gasteiger partial charge is 0.339 e. The van der Waals surface area contributed by atoms with Crippen LogP contribution in [0.15, 0.2) is 12.3 Å². The molecule has 0 aliphatic heterocycles. The van der Waals surface area contributed by atoms with Crippen LogP contribution in [0.25, 0.3) is 0 Å². The van der Waals surface area contributed by atoms with Crippen molar-refractivity contribution in [3.05, 3.63) is 17.8 Å². The van der Waals surface area contributed by atoms with Crippen LogP contribution in [0.1, 0.15) is 30.6 Å². The lowest BCUT2D eigenvalue weighted by Gasteiger charge is -2.12. The van der Waals surface area contributed by atoms with E-state index in [-0.39, 0.29) is 5.56 Å². The summed E-state index contributed by atoms with van der Waals surface area (Å²) < 4.78 is 0. The molecule has 0 spiro atoms. The van der Waals surface area contributed by atoms with Crippen LogP contribution in [0.4, 0.5) is 11.5 Å². The normalized spacial score (nSPS) is 12.1. The van der Waals surface area contributed by atoms with Crippen LogP contribution in [0, 0.1) is 5.92 Å². The topological polar surface area (TPSA) is 88.2 Å². The Hall–Kier alpha value is -1.78. The molecule has 0 aromatic carbocycles. The minimum absolute atomic E-state index is 0.114. The van der Waals surface area contributed by atoms with Gasteiger partial charge in [-0.15, -0.1) is 0 Å². The van der Waals surface area contributed by atoms with Gasteiger partial charge in [0, 0.05) is 6.54 Å². The van der Waals surface area contributed by atoms with Crippen molar-refractivity contribution in [2.75, 3.05) is 17.6 Å². The Morgan fingerprint density at radius 2 is 2.38 bits per heavy atom. The highest BCUT2D eigenvalue weighted by atomic mass is 16.4. The van der Waals surface area contributed by atoms with Crippen molar-refractivity contribution in [1.82, 2.24) is 4.98 Å². The van der Waals surface area contributed by atoms with Gasteiger partial charge in [0.05, 0.1) is 11.9 Å². The van der Waals surface area contributed by atoms with E-state index in [1.807, 2.05) is 0 Å². The Morgan fingerprint density at radius 1 is 1.69 bits per heavy atom.